The van der Waals surface area contributed by atoms with Crippen LogP contribution in [-0.2, 0) is 6.54 Å². The van der Waals surface area contributed by atoms with E-state index in [0.717, 1.165) is 37.4 Å². The van der Waals surface area contributed by atoms with Crippen LogP contribution in [0.3, 0.4) is 0 Å². The predicted octanol–water partition coefficient (Wildman–Crippen LogP) is 3.32. The predicted molar refractivity (Wildman–Crippen MR) is 95.1 cm³/mol. The molecule has 4 nitrogen and oxygen atoms in total. The van der Waals surface area contributed by atoms with Gasteiger partial charge in [0.1, 0.15) is 17.4 Å². The van der Waals surface area contributed by atoms with Gasteiger partial charge in [0.15, 0.2) is 0 Å². The molecule has 138 valence electrons. The molecule has 1 fully saturated rings. The summed E-state index contributed by atoms with van der Waals surface area (Å²) in [5, 5.41) is 0. The van der Waals surface area contributed by atoms with Gasteiger partial charge in [0, 0.05) is 38.8 Å². The molecule has 0 aliphatic carbocycles. The van der Waals surface area contributed by atoms with Crippen LogP contribution in [0.25, 0.3) is 0 Å². The van der Waals surface area contributed by atoms with Crippen molar-refractivity contribution in [1.29, 1.82) is 0 Å². The highest BCUT2D eigenvalue weighted by Crippen LogP contribution is 2.16. The van der Waals surface area contributed by atoms with Crippen molar-refractivity contribution in [3.8, 4) is 5.75 Å². The summed E-state index contributed by atoms with van der Waals surface area (Å²) in [4.78, 5) is 16.5. The van der Waals surface area contributed by atoms with Crippen molar-refractivity contribution in [2.45, 2.75) is 13.0 Å². The number of hydrogen-bond acceptors (Lipinski definition) is 3. The number of rotatable bonds is 4. The van der Waals surface area contributed by atoms with Gasteiger partial charge in [0.2, 0.25) is 0 Å². The Morgan fingerprint density at radius 3 is 2.50 bits per heavy atom. The Balaban J connectivity index is 1.61. The Morgan fingerprint density at radius 1 is 1.04 bits per heavy atom. The topological polar surface area (TPSA) is 32.8 Å². The summed E-state index contributed by atoms with van der Waals surface area (Å²) in [6, 6.07) is 11.0. The number of ether oxygens (including phenoxy) is 1. The Hall–Kier alpha value is -2.47. The molecule has 1 saturated heterocycles. The molecule has 0 radical (unpaired) electrons. The van der Waals surface area contributed by atoms with Crippen LogP contribution in [0.2, 0.25) is 0 Å². The number of nitrogens with zero attached hydrogens (tertiary/aromatic N) is 2. The second-order valence-corrected chi connectivity index (χ2v) is 6.39. The molecule has 1 aliphatic heterocycles. The third-order valence-corrected chi connectivity index (χ3v) is 4.60. The van der Waals surface area contributed by atoms with E-state index in [-0.39, 0.29) is 11.5 Å². The third-order valence-electron chi connectivity index (χ3n) is 4.60. The molecule has 0 saturated carbocycles. The summed E-state index contributed by atoms with van der Waals surface area (Å²) in [5.41, 5.74) is 1.10. The minimum atomic E-state index is -0.811. The monoisotopic (exact) mass is 360 g/mol. The van der Waals surface area contributed by atoms with Crippen molar-refractivity contribution < 1.29 is 18.3 Å². The second kappa shape index (κ2) is 8.27. The van der Waals surface area contributed by atoms with Gasteiger partial charge >= 0.3 is 0 Å². The molecule has 6 heteroatoms. The fraction of sp³-hybridized carbons (Fsp3) is 0.350. The Kier molecular flexibility index (Phi) is 5.83. The molecule has 0 N–H and O–H groups in total. The fourth-order valence-corrected chi connectivity index (χ4v) is 3.15. The molecule has 26 heavy (non-hydrogen) atoms. The minimum Gasteiger partial charge on any atom is -0.497 e. The summed E-state index contributed by atoms with van der Waals surface area (Å²) in [5.74, 6) is -1.05. The lowest BCUT2D eigenvalue weighted by molar-refractivity contribution is 0.0756. The van der Waals surface area contributed by atoms with E-state index in [1.165, 1.54) is 11.6 Å². The zero-order chi connectivity index (χ0) is 18.5. The van der Waals surface area contributed by atoms with Crippen LogP contribution < -0.4 is 4.74 Å². The van der Waals surface area contributed by atoms with E-state index in [9.17, 15) is 13.6 Å². The number of halogens is 2. The largest absolute Gasteiger partial charge is 0.497 e. The van der Waals surface area contributed by atoms with Crippen LogP contribution >= 0.6 is 0 Å². The third kappa shape index (κ3) is 4.38. The lowest BCUT2D eigenvalue weighted by Gasteiger charge is -2.22. The molecule has 3 rings (SSSR count). The van der Waals surface area contributed by atoms with Crippen LogP contribution in [0, 0.1) is 11.6 Å². The molecule has 0 unspecified atom stereocenters. The van der Waals surface area contributed by atoms with E-state index in [0.29, 0.717) is 19.6 Å². The van der Waals surface area contributed by atoms with Gasteiger partial charge in [-0.05, 0) is 36.2 Å². The van der Waals surface area contributed by atoms with E-state index in [4.69, 9.17) is 4.74 Å². The van der Waals surface area contributed by atoms with E-state index >= 15 is 0 Å². The van der Waals surface area contributed by atoms with Gasteiger partial charge in [0.05, 0.1) is 12.7 Å². The molecular formula is C20H22F2N2O2. The van der Waals surface area contributed by atoms with Crippen molar-refractivity contribution in [1.82, 2.24) is 9.80 Å². The van der Waals surface area contributed by atoms with Gasteiger partial charge in [0.25, 0.3) is 5.91 Å². The van der Waals surface area contributed by atoms with Crippen molar-refractivity contribution in [3.63, 3.8) is 0 Å². The van der Waals surface area contributed by atoms with E-state index in [1.807, 2.05) is 24.3 Å². The van der Waals surface area contributed by atoms with Crippen LogP contribution in [0.15, 0.2) is 42.5 Å². The summed E-state index contributed by atoms with van der Waals surface area (Å²) in [7, 11) is 1.64. The summed E-state index contributed by atoms with van der Waals surface area (Å²) in [6.45, 7) is 3.44. The van der Waals surface area contributed by atoms with Crippen LogP contribution in [0.1, 0.15) is 22.3 Å². The number of carbonyl (C=O) groups excluding carboxylic acids is 1. The minimum absolute atomic E-state index is 0.0741. The first kappa shape index (κ1) is 18.3. The molecule has 0 aromatic heterocycles. The van der Waals surface area contributed by atoms with Gasteiger partial charge in [-0.1, -0.05) is 12.1 Å². The molecule has 0 atom stereocenters. The zero-order valence-corrected chi connectivity index (χ0v) is 14.8. The van der Waals surface area contributed by atoms with Crippen molar-refractivity contribution in [2.75, 3.05) is 33.3 Å². The van der Waals surface area contributed by atoms with Crippen LogP contribution in [-0.4, -0.2) is 49.0 Å². The summed E-state index contributed by atoms with van der Waals surface area (Å²) in [6.07, 6.45) is 0.810. The van der Waals surface area contributed by atoms with Gasteiger partial charge < -0.3 is 9.64 Å². The van der Waals surface area contributed by atoms with Gasteiger partial charge in [-0.25, -0.2) is 8.78 Å². The molecular weight excluding hydrogens is 338 g/mol. The summed E-state index contributed by atoms with van der Waals surface area (Å²) < 4.78 is 32.1. The second-order valence-electron chi connectivity index (χ2n) is 6.39. The van der Waals surface area contributed by atoms with E-state index in [2.05, 4.69) is 4.90 Å². The maximum atomic E-state index is 13.9. The van der Waals surface area contributed by atoms with E-state index in [1.54, 1.807) is 12.0 Å². The first-order valence-electron chi connectivity index (χ1n) is 8.66. The smallest absolute Gasteiger partial charge is 0.256 e. The van der Waals surface area contributed by atoms with Crippen molar-refractivity contribution in [3.05, 3.63) is 65.2 Å². The lowest BCUT2D eigenvalue weighted by Crippen LogP contribution is -2.35. The maximum Gasteiger partial charge on any atom is 0.256 e. The molecule has 1 amide bonds. The number of benzene rings is 2. The highest BCUT2D eigenvalue weighted by molar-refractivity contribution is 5.94. The molecule has 1 heterocycles. The Bertz CT molecular complexity index is 765. The van der Waals surface area contributed by atoms with Crippen molar-refractivity contribution in [2.24, 2.45) is 0 Å². The molecule has 0 spiro atoms. The number of amides is 1. The highest BCUT2D eigenvalue weighted by Gasteiger charge is 2.22. The number of hydrogen-bond donors (Lipinski definition) is 0. The average molecular weight is 360 g/mol. The van der Waals surface area contributed by atoms with Gasteiger partial charge in [-0.15, -0.1) is 0 Å². The van der Waals surface area contributed by atoms with Crippen LogP contribution in [0.5, 0.6) is 5.75 Å². The van der Waals surface area contributed by atoms with Gasteiger partial charge in [-0.2, -0.15) is 0 Å². The molecule has 2 aromatic rings. The van der Waals surface area contributed by atoms with Crippen molar-refractivity contribution >= 4 is 5.91 Å². The fourth-order valence-electron chi connectivity index (χ4n) is 3.15. The SMILES string of the molecule is COc1ccc(CN2CCCN(C(=O)c3ccc(F)cc3F)CC2)cc1. The van der Waals surface area contributed by atoms with Crippen LogP contribution in [0.4, 0.5) is 8.78 Å². The molecule has 2 aromatic carbocycles. The standard InChI is InChI=1S/C20H22F2N2O2/c1-26-17-6-3-15(4-7-17)14-23-9-2-10-24(12-11-23)20(25)18-8-5-16(21)13-19(18)22/h3-8,13H,2,9-12,14H2,1H3. The quantitative estimate of drug-likeness (QED) is 0.839. The first-order valence-corrected chi connectivity index (χ1v) is 8.66. The Labute approximate surface area is 152 Å². The number of carbonyl (C=O) groups is 1. The number of methoxy groups -OCH3 is 1. The van der Waals surface area contributed by atoms with Gasteiger partial charge in [-0.3, -0.25) is 9.69 Å². The molecule has 1 aliphatic rings. The molecule has 0 bridgehead atoms. The first-order chi connectivity index (χ1) is 12.6. The summed E-state index contributed by atoms with van der Waals surface area (Å²) >= 11 is 0. The zero-order valence-electron chi connectivity index (χ0n) is 14.8. The average Bonchev–Trinajstić information content (AvgIpc) is 2.87. The lowest BCUT2D eigenvalue weighted by atomic mass is 10.1. The highest BCUT2D eigenvalue weighted by atomic mass is 19.1. The Morgan fingerprint density at radius 2 is 1.81 bits per heavy atom. The normalized spacial score (nSPS) is 15.6. The maximum absolute atomic E-state index is 13.9. The van der Waals surface area contributed by atoms with E-state index < -0.39 is 11.6 Å².